The molecule has 0 aliphatic carbocycles. The summed E-state index contributed by atoms with van der Waals surface area (Å²) < 4.78 is 12.9. The van der Waals surface area contributed by atoms with Gasteiger partial charge in [-0.2, -0.15) is 0 Å². The van der Waals surface area contributed by atoms with E-state index in [1.807, 2.05) is 24.3 Å². The zero-order valence-electron chi connectivity index (χ0n) is 14.3. The molecule has 1 heterocycles. The number of nitrogens with zero attached hydrogens (tertiary/aromatic N) is 1. The Kier molecular flexibility index (Phi) is 7.85. The van der Waals surface area contributed by atoms with Gasteiger partial charge in [-0.1, -0.05) is 35.9 Å². The molecular formula is C19H22Cl2FN3O. The molecular weight excluding hydrogens is 376 g/mol. The van der Waals surface area contributed by atoms with Gasteiger partial charge < -0.3 is 10.6 Å². The second-order valence-corrected chi connectivity index (χ2v) is 6.59. The molecule has 0 aromatic heterocycles. The zero-order chi connectivity index (χ0) is 17.6. The highest BCUT2D eigenvalue weighted by Gasteiger charge is 2.25. The molecule has 1 unspecified atom stereocenters. The van der Waals surface area contributed by atoms with Gasteiger partial charge in [-0.3, -0.25) is 9.69 Å². The molecule has 1 atom stereocenters. The summed E-state index contributed by atoms with van der Waals surface area (Å²) in [5, 5.41) is 6.96. The Morgan fingerprint density at radius 2 is 2.04 bits per heavy atom. The summed E-state index contributed by atoms with van der Waals surface area (Å²) in [7, 11) is 0. The minimum absolute atomic E-state index is 0. The lowest BCUT2D eigenvalue weighted by Crippen LogP contribution is -2.49. The van der Waals surface area contributed by atoms with E-state index in [2.05, 4.69) is 15.5 Å². The third-order valence-corrected chi connectivity index (χ3v) is 4.57. The van der Waals surface area contributed by atoms with E-state index in [1.165, 1.54) is 12.1 Å². The Morgan fingerprint density at radius 1 is 1.27 bits per heavy atom. The number of amides is 1. The Labute approximate surface area is 164 Å². The molecule has 3 rings (SSSR count). The highest BCUT2D eigenvalue weighted by Crippen LogP contribution is 2.24. The van der Waals surface area contributed by atoms with Crippen molar-refractivity contribution in [3.63, 3.8) is 0 Å². The van der Waals surface area contributed by atoms with Crippen molar-refractivity contribution in [3.8, 4) is 0 Å². The smallest absolute Gasteiger partial charge is 0.234 e. The maximum atomic E-state index is 12.9. The lowest BCUT2D eigenvalue weighted by molar-refractivity contribution is -0.123. The van der Waals surface area contributed by atoms with Gasteiger partial charge in [0.25, 0.3) is 0 Å². The fourth-order valence-corrected chi connectivity index (χ4v) is 3.22. The number of nitrogens with one attached hydrogen (secondary N) is 2. The van der Waals surface area contributed by atoms with Crippen molar-refractivity contribution >= 4 is 29.9 Å². The first kappa shape index (κ1) is 20.6. The van der Waals surface area contributed by atoms with Crippen LogP contribution in [0.1, 0.15) is 17.2 Å². The van der Waals surface area contributed by atoms with Gasteiger partial charge in [-0.25, -0.2) is 4.39 Å². The lowest BCUT2D eigenvalue weighted by atomic mass is 10.0. The molecule has 0 radical (unpaired) electrons. The molecule has 2 aromatic rings. The predicted molar refractivity (Wildman–Crippen MR) is 104 cm³/mol. The van der Waals surface area contributed by atoms with Crippen LogP contribution in [-0.2, 0) is 11.3 Å². The van der Waals surface area contributed by atoms with Crippen LogP contribution in [0.3, 0.4) is 0 Å². The van der Waals surface area contributed by atoms with Crippen LogP contribution < -0.4 is 10.6 Å². The van der Waals surface area contributed by atoms with Crippen molar-refractivity contribution in [2.45, 2.75) is 12.6 Å². The molecule has 1 aliphatic rings. The average molecular weight is 398 g/mol. The van der Waals surface area contributed by atoms with E-state index < -0.39 is 0 Å². The first-order valence-electron chi connectivity index (χ1n) is 8.33. The number of carbonyl (C=O) groups excluding carboxylic acids is 1. The molecule has 7 heteroatoms. The third-order valence-electron chi connectivity index (χ3n) is 4.34. The van der Waals surface area contributed by atoms with Crippen LogP contribution in [0.15, 0.2) is 48.5 Å². The molecule has 1 amide bonds. The van der Waals surface area contributed by atoms with E-state index in [-0.39, 0.29) is 30.2 Å². The van der Waals surface area contributed by atoms with Crippen LogP contribution in [0.25, 0.3) is 0 Å². The molecule has 0 spiro atoms. The summed E-state index contributed by atoms with van der Waals surface area (Å²) in [6, 6.07) is 14.0. The van der Waals surface area contributed by atoms with Crippen molar-refractivity contribution in [2.75, 3.05) is 26.2 Å². The number of hydrogen-bond acceptors (Lipinski definition) is 3. The number of carbonyl (C=O) groups is 1. The van der Waals surface area contributed by atoms with E-state index in [0.717, 1.165) is 30.8 Å². The molecule has 0 bridgehead atoms. The van der Waals surface area contributed by atoms with Crippen LogP contribution in [-0.4, -0.2) is 37.0 Å². The van der Waals surface area contributed by atoms with Gasteiger partial charge >= 0.3 is 0 Å². The molecule has 1 fully saturated rings. The summed E-state index contributed by atoms with van der Waals surface area (Å²) in [6.07, 6.45) is 0. The van der Waals surface area contributed by atoms with E-state index in [1.54, 1.807) is 12.1 Å². The van der Waals surface area contributed by atoms with Crippen LogP contribution >= 0.6 is 24.0 Å². The van der Waals surface area contributed by atoms with E-state index >= 15 is 0 Å². The number of benzene rings is 2. The first-order valence-corrected chi connectivity index (χ1v) is 8.71. The first-order chi connectivity index (χ1) is 12.1. The molecule has 2 aromatic carbocycles. The highest BCUT2D eigenvalue weighted by atomic mass is 35.5. The van der Waals surface area contributed by atoms with Gasteiger partial charge in [0.05, 0.1) is 6.54 Å². The monoisotopic (exact) mass is 397 g/mol. The summed E-state index contributed by atoms with van der Waals surface area (Å²) in [5.41, 5.74) is 1.98. The molecule has 26 heavy (non-hydrogen) atoms. The third kappa shape index (κ3) is 5.68. The second-order valence-electron chi connectivity index (χ2n) is 6.15. The minimum Gasteiger partial charge on any atom is -0.351 e. The van der Waals surface area contributed by atoms with E-state index in [0.29, 0.717) is 18.1 Å². The molecule has 140 valence electrons. The maximum absolute atomic E-state index is 12.9. The summed E-state index contributed by atoms with van der Waals surface area (Å²) in [5.74, 6) is -0.321. The standard InChI is InChI=1S/C19H21ClFN3O.ClH/c20-16-3-1-2-15(10-16)18-12-22-8-9-24(18)13-19(25)23-11-14-4-6-17(21)7-5-14;/h1-7,10,18,22H,8-9,11-13H2,(H,23,25);1H. The van der Waals surface area contributed by atoms with Crippen molar-refractivity contribution < 1.29 is 9.18 Å². The van der Waals surface area contributed by atoms with Crippen molar-refractivity contribution in [1.82, 2.24) is 15.5 Å². The summed E-state index contributed by atoms with van der Waals surface area (Å²) >= 11 is 6.10. The normalized spacial score (nSPS) is 17.4. The zero-order valence-corrected chi connectivity index (χ0v) is 15.8. The quantitative estimate of drug-likeness (QED) is 0.814. The Balaban J connectivity index is 0.00000243. The second kappa shape index (κ2) is 9.88. The molecule has 4 nitrogen and oxygen atoms in total. The maximum Gasteiger partial charge on any atom is 0.234 e. The molecule has 0 saturated carbocycles. The fraction of sp³-hybridized carbons (Fsp3) is 0.316. The Morgan fingerprint density at radius 3 is 2.77 bits per heavy atom. The van der Waals surface area contributed by atoms with Crippen molar-refractivity contribution in [1.29, 1.82) is 0 Å². The van der Waals surface area contributed by atoms with Gasteiger partial charge in [0.15, 0.2) is 0 Å². The molecule has 1 saturated heterocycles. The van der Waals surface area contributed by atoms with Gasteiger partial charge in [-0.05, 0) is 35.4 Å². The molecule has 2 N–H and O–H groups in total. The highest BCUT2D eigenvalue weighted by molar-refractivity contribution is 6.30. The van der Waals surface area contributed by atoms with Crippen molar-refractivity contribution in [3.05, 3.63) is 70.5 Å². The van der Waals surface area contributed by atoms with Crippen molar-refractivity contribution in [2.24, 2.45) is 0 Å². The minimum atomic E-state index is -0.278. The van der Waals surface area contributed by atoms with Crippen LogP contribution in [0, 0.1) is 5.82 Å². The number of halogens is 3. The predicted octanol–water partition coefficient (Wildman–Crippen LogP) is 3.16. The number of piperazine rings is 1. The van der Waals surface area contributed by atoms with Gasteiger partial charge in [0, 0.05) is 37.2 Å². The van der Waals surface area contributed by atoms with E-state index in [9.17, 15) is 9.18 Å². The van der Waals surface area contributed by atoms with E-state index in [4.69, 9.17) is 11.6 Å². The molecule has 1 aliphatic heterocycles. The van der Waals surface area contributed by atoms with Crippen LogP contribution in [0.2, 0.25) is 5.02 Å². The lowest BCUT2D eigenvalue weighted by Gasteiger charge is -2.36. The largest absolute Gasteiger partial charge is 0.351 e. The van der Waals surface area contributed by atoms with Gasteiger partial charge in [-0.15, -0.1) is 12.4 Å². The van der Waals surface area contributed by atoms with Crippen LogP contribution in [0.5, 0.6) is 0 Å². The van der Waals surface area contributed by atoms with Gasteiger partial charge in [0.2, 0.25) is 5.91 Å². The Bertz CT molecular complexity index is 727. The topological polar surface area (TPSA) is 44.4 Å². The fourth-order valence-electron chi connectivity index (χ4n) is 3.02. The van der Waals surface area contributed by atoms with Gasteiger partial charge in [0.1, 0.15) is 5.82 Å². The van der Waals surface area contributed by atoms with Crippen LogP contribution in [0.4, 0.5) is 4.39 Å². The SMILES string of the molecule is Cl.O=C(CN1CCNCC1c1cccc(Cl)c1)NCc1ccc(F)cc1. The Hall–Kier alpha value is -1.66. The average Bonchev–Trinajstić information content (AvgIpc) is 2.62. The number of hydrogen-bond donors (Lipinski definition) is 2. The summed E-state index contributed by atoms with van der Waals surface area (Å²) in [6.45, 7) is 3.14. The summed E-state index contributed by atoms with van der Waals surface area (Å²) in [4.78, 5) is 14.5. The number of rotatable bonds is 5.